The minimum atomic E-state index is -3.47. The first kappa shape index (κ1) is 14.3. The zero-order valence-corrected chi connectivity index (χ0v) is 13.2. The number of nitrogens with zero attached hydrogens (tertiary/aromatic N) is 1. The second-order valence-electron chi connectivity index (χ2n) is 6.32. The van der Waals surface area contributed by atoms with E-state index in [9.17, 15) is 8.42 Å². The van der Waals surface area contributed by atoms with Crippen molar-refractivity contribution in [1.29, 1.82) is 0 Å². The van der Waals surface area contributed by atoms with Crippen molar-refractivity contribution in [2.45, 2.75) is 17.7 Å². The van der Waals surface area contributed by atoms with E-state index in [0.717, 1.165) is 25.9 Å². The van der Waals surface area contributed by atoms with E-state index in [4.69, 9.17) is 9.47 Å². The summed E-state index contributed by atoms with van der Waals surface area (Å²) >= 11 is 0. The second-order valence-corrected chi connectivity index (χ2v) is 8.26. The lowest BCUT2D eigenvalue weighted by Crippen LogP contribution is -2.33. The van der Waals surface area contributed by atoms with Crippen LogP contribution in [0.2, 0.25) is 0 Å². The monoisotopic (exact) mass is 324 g/mol. The standard InChI is InChI=1S/C15H20N2O4S/c18-22(19,17-6-4-15(11-17)3-5-16-10-15)12-1-2-13-14(9-12)21-8-7-20-13/h1-2,9,16H,3-8,10-11H2. The number of hydrogen-bond donors (Lipinski definition) is 1. The van der Waals surface area contributed by atoms with Crippen LogP contribution in [0, 0.1) is 5.41 Å². The molecule has 0 saturated carbocycles. The van der Waals surface area contributed by atoms with Gasteiger partial charge in [-0.1, -0.05) is 0 Å². The summed E-state index contributed by atoms with van der Waals surface area (Å²) < 4.78 is 38.3. The van der Waals surface area contributed by atoms with Gasteiger partial charge >= 0.3 is 0 Å². The van der Waals surface area contributed by atoms with E-state index in [1.54, 1.807) is 22.5 Å². The third-order valence-electron chi connectivity index (χ3n) is 4.89. The van der Waals surface area contributed by atoms with Gasteiger partial charge < -0.3 is 14.8 Å². The van der Waals surface area contributed by atoms with Crippen LogP contribution in [0.15, 0.2) is 23.1 Å². The van der Waals surface area contributed by atoms with E-state index in [1.165, 1.54) is 0 Å². The summed E-state index contributed by atoms with van der Waals surface area (Å²) in [5.74, 6) is 1.13. The molecule has 1 spiro atoms. The fourth-order valence-electron chi connectivity index (χ4n) is 3.58. The number of rotatable bonds is 2. The maximum Gasteiger partial charge on any atom is 0.243 e. The smallest absolute Gasteiger partial charge is 0.243 e. The Kier molecular flexibility index (Phi) is 3.32. The molecule has 0 amide bonds. The zero-order valence-electron chi connectivity index (χ0n) is 12.4. The van der Waals surface area contributed by atoms with E-state index < -0.39 is 10.0 Å². The largest absolute Gasteiger partial charge is 0.486 e. The molecule has 4 rings (SSSR count). The van der Waals surface area contributed by atoms with E-state index in [-0.39, 0.29) is 5.41 Å². The number of hydrogen-bond acceptors (Lipinski definition) is 5. The van der Waals surface area contributed by atoms with Gasteiger partial charge in [0, 0.05) is 25.7 Å². The van der Waals surface area contributed by atoms with Crippen LogP contribution in [0.5, 0.6) is 11.5 Å². The molecule has 2 fully saturated rings. The fourth-order valence-corrected chi connectivity index (χ4v) is 5.15. The van der Waals surface area contributed by atoms with Crippen molar-refractivity contribution in [3.05, 3.63) is 18.2 Å². The molecular formula is C15H20N2O4S. The highest BCUT2D eigenvalue weighted by atomic mass is 32.2. The highest BCUT2D eigenvalue weighted by Crippen LogP contribution is 2.39. The van der Waals surface area contributed by atoms with Gasteiger partial charge in [-0.15, -0.1) is 0 Å². The quantitative estimate of drug-likeness (QED) is 0.873. The van der Waals surface area contributed by atoms with Crippen LogP contribution in [-0.4, -0.2) is 52.1 Å². The van der Waals surface area contributed by atoms with Crippen LogP contribution < -0.4 is 14.8 Å². The molecule has 3 heterocycles. The average molecular weight is 324 g/mol. The first-order valence-electron chi connectivity index (χ1n) is 7.70. The predicted molar refractivity (Wildman–Crippen MR) is 80.7 cm³/mol. The molecule has 2 saturated heterocycles. The van der Waals surface area contributed by atoms with Crippen LogP contribution in [0.4, 0.5) is 0 Å². The summed E-state index contributed by atoms with van der Waals surface area (Å²) in [6.45, 7) is 4.06. The van der Waals surface area contributed by atoms with Crippen LogP contribution in [0.3, 0.4) is 0 Å². The van der Waals surface area contributed by atoms with Crippen LogP contribution >= 0.6 is 0 Å². The Bertz CT molecular complexity index is 683. The molecule has 22 heavy (non-hydrogen) atoms. The van der Waals surface area contributed by atoms with Crippen molar-refractivity contribution < 1.29 is 17.9 Å². The van der Waals surface area contributed by atoms with Gasteiger partial charge in [0.2, 0.25) is 10.0 Å². The van der Waals surface area contributed by atoms with Gasteiger partial charge in [0.25, 0.3) is 0 Å². The Balaban J connectivity index is 1.61. The third kappa shape index (κ3) is 2.28. The van der Waals surface area contributed by atoms with Crippen molar-refractivity contribution in [1.82, 2.24) is 9.62 Å². The predicted octanol–water partition coefficient (Wildman–Crippen LogP) is 0.832. The van der Waals surface area contributed by atoms with Gasteiger partial charge in [-0.05, 0) is 36.9 Å². The summed E-state index contributed by atoms with van der Waals surface area (Å²) in [6.07, 6.45) is 1.99. The van der Waals surface area contributed by atoms with E-state index in [1.807, 2.05) is 0 Å². The van der Waals surface area contributed by atoms with Crippen molar-refractivity contribution in [2.75, 3.05) is 39.4 Å². The Labute approximate surface area is 130 Å². The van der Waals surface area contributed by atoms with Crippen LogP contribution in [-0.2, 0) is 10.0 Å². The number of benzene rings is 1. The molecule has 1 aromatic carbocycles. The number of fused-ring (bicyclic) bond motifs is 1. The van der Waals surface area contributed by atoms with Crippen molar-refractivity contribution in [2.24, 2.45) is 5.41 Å². The molecule has 0 aliphatic carbocycles. The van der Waals surface area contributed by atoms with Crippen molar-refractivity contribution >= 4 is 10.0 Å². The number of ether oxygens (including phenoxy) is 2. The van der Waals surface area contributed by atoms with E-state index >= 15 is 0 Å². The highest BCUT2D eigenvalue weighted by Gasteiger charge is 2.44. The molecule has 0 bridgehead atoms. The maximum absolute atomic E-state index is 12.9. The Hall–Kier alpha value is -1.31. The molecule has 3 aliphatic rings. The lowest BCUT2D eigenvalue weighted by Gasteiger charge is -2.23. The molecule has 0 aromatic heterocycles. The summed E-state index contributed by atoms with van der Waals surface area (Å²) in [6, 6.07) is 4.88. The molecule has 1 aromatic rings. The summed E-state index contributed by atoms with van der Waals surface area (Å²) in [5, 5.41) is 3.35. The zero-order chi connectivity index (χ0) is 15.2. The lowest BCUT2D eigenvalue weighted by molar-refractivity contribution is 0.171. The second kappa shape index (κ2) is 5.11. The van der Waals surface area contributed by atoms with E-state index in [2.05, 4.69) is 5.32 Å². The summed E-state index contributed by atoms with van der Waals surface area (Å²) in [7, 11) is -3.47. The van der Waals surface area contributed by atoms with Gasteiger partial charge in [-0.25, -0.2) is 8.42 Å². The molecule has 0 radical (unpaired) electrons. The topological polar surface area (TPSA) is 67.9 Å². The molecule has 1 atom stereocenters. The first-order valence-corrected chi connectivity index (χ1v) is 9.14. The summed E-state index contributed by atoms with van der Waals surface area (Å²) in [5.41, 5.74) is 0.126. The molecular weight excluding hydrogens is 304 g/mol. The molecule has 3 aliphatic heterocycles. The Morgan fingerprint density at radius 1 is 1.14 bits per heavy atom. The Morgan fingerprint density at radius 2 is 1.95 bits per heavy atom. The SMILES string of the molecule is O=S(=O)(c1ccc2c(c1)OCCO2)N1CCC2(CCNC2)C1. The van der Waals surface area contributed by atoms with Crippen LogP contribution in [0.1, 0.15) is 12.8 Å². The van der Waals surface area contributed by atoms with Gasteiger partial charge in [0.1, 0.15) is 13.2 Å². The van der Waals surface area contributed by atoms with Crippen molar-refractivity contribution in [3.63, 3.8) is 0 Å². The Morgan fingerprint density at radius 3 is 2.73 bits per heavy atom. The molecule has 1 unspecified atom stereocenters. The normalized spacial score (nSPS) is 28.4. The maximum atomic E-state index is 12.9. The average Bonchev–Trinajstić information content (AvgIpc) is 3.18. The minimum absolute atomic E-state index is 0.126. The lowest BCUT2D eigenvalue weighted by atomic mass is 9.87. The van der Waals surface area contributed by atoms with Gasteiger partial charge in [-0.3, -0.25) is 0 Å². The molecule has 7 heteroatoms. The number of sulfonamides is 1. The van der Waals surface area contributed by atoms with E-state index in [0.29, 0.717) is 42.7 Å². The fraction of sp³-hybridized carbons (Fsp3) is 0.600. The minimum Gasteiger partial charge on any atom is -0.486 e. The molecule has 1 N–H and O–H groups in total. The highest BCUT2D eigenvalue weighted by molar-refractivity contribution is 7.89. The van der Waals surface area contributed by atoms with Crippen molar-refractivity contribution in [3.8, 4) is 11.5 Å². The first-order chi connectivity index (χ1) is 10.6. The number of nitrogens with one attached hydrogen (secondary N) is 1. The van der Waals surface area contributed by atoms with Gasteiger partial charge in [0.05, 0.1) is 4.90 Å². The third-order valence-corrected chi connectivity index (χ3v) is 6.73. The van der Waals surface area contributed by atoms with Crippen LogP contribution in [0.25, 0.3) is 0 Å². The molecule has 120 valence electrons. The van der Waals surface area contributed by atoms with Gasteiger partial charge in [-0.2, -0.15) is 4.31 Å². The molecule has 6 nitrogen and oxygen atoms in total. The van der Waals surface area contributed by atoms with Gasteiger partial charge in [0.15, 0.2) is 11.5 Å². The summed E-state index contributed by atoms with van der Waals surface area (Å²) in [4.78, 5) is 0.291.